The van der Waals surface area contributed by atoms with Crippen LogP contribution in [0.1, 0.15) is 16.1 Å². The fourth-order valence-electron chi connectivity index (χ4n) is 1.18. The molecule has 0 atom stereocenters. The van der Waals surface area contributed by atoms with Crippen LogP contribution in [0.2, 0.25) is 0 Å². The van der Waals surface area contributed by atoms with E-state index < -0.39 is 0 Å². The third-order valence-corrected chi connectivity index (χ3v) is 2.67. The molecule has 0 unspecified atom stereocenters. The number of carbonyl (C=O) groups is 1. The van der Waals surface area contributed by atoms with E-state index in [2.05, 4.69) is 15.3 Å². The molecule has 0 fully saturated rings. The number of aromatic nitrogens is 2. The summed E-state index contributed by atoms with van der Waals surface area (Å²) in [6, 6.07) is 3.68. The van der Waals surface area contributed by atoms with Crippen LogP contribution in [0, 0.1) is 6.92 Å². The highest BCUT2D eigenvalue weighted by molar-refractivity contribution is 7.13. The summed E-state index contributed by atoms with van der Waals surface area (Å²) < 4.78 is 0. The van der Waals surface area contributed by atoms with Gasteiger partial charge in [0.2, 0.25) is 0 Å². The number of nitrogens with two attached hydrogens (primary N) is 1. The van der Waals surface area contributed by atoms with Gasteiger partial charge in [0, 0.05) is 11.6 Å². The van der Waals surface area contributed by atoms with Crippen LogP contribution in [0.15, 0.2) is 23.7 Å². The van der Waals surface area contributed by atoms with Crippen molar-refractivity contribution in [2.24, 2.45) is 0 Å². The second-order valence-corrected chi connectivity index (χ2v) is 4.08. The van der Waals surface area contributed by atoms with Crippen molar-refractivity contribution in [3.05, 3.63) is 35.0 Å². The molecule has 0 aromatic carbocycles. The minimum atomic E-state index is -0.297. The van der Waals surface area contributed by atoms with Crippen molar-refractivity contribution >= 4 is 28.2 Å². The summed E-state index contributed by atoms with van der Waals surface area (Å²) in [4.78, 5) is 19.7. The van der Waals surface area contributed by atoms with Gasteiger partial charge in [-0.25, -0.2) is 9.97 Å². The third kappa shape index (κ3) is 2.17. The van der Waals surface area contributed by atoms with Crippen LogP contribution in [-0.4, -0.2) is 15.9 Å². The number of nitrogen functional groups attached to an aromatic ring is 1. The highest BCUT2D eigenvalue weighted by Gasteiger charge is 2.11. The van der Waals surface area contributed by atoms with E-state index in [9.17, 15) is 4.79 Å². The first-order valence-electron chi connectivity index (χ1n) is 4.61. The number of hydrogen-bond acceptors (Lipinski definition) is 5. The Hall–Kier alpha value is -1.95. The molecule has 2 aromatic rings. The zero-order valence-corrected chi connectivity index (χ0v) is 9.41. The summed E-state index contributed by atoms with van der Waals surface area (Å²) in [6.07, 6.45) is 1.62. The summed E-state index contributed by atoms with van der Waals surface area (Å²) in [7, 11) is 0. The Kier molecular flexibility index (Phi) is 2.82. The van der Waals surface area contributed by atoms with Crippen molar-refractivity contribution < 1.29 is 4.79 Å². The molecule has 3 N–H and O–H groups in total. The van der Waals surface area contributed by atoms with Crippen molar-refractivity contribution in [1.82, 2.24) is 9.97 Å². The number of nitrogens with zero attached hydrogens (tertiary/aromatic N) is 2. The van der Waals surface area contributed by atoms with Crippen molar-refractivity contribution in [3.8, 4) is 0 Å². The van der Waals surface area contributed by atoms with Crippen molar-refractivity contribution in [3.63, 3.8) is 0 Å². The molecule has 0 radical (unpaired) electrons. The molecule has 0 saturated carbocycles. The molecule has 2 heterocycles. The predicted molar refractivity (Wildman–Crippen MR) is 63.5 cm³/mol. The summed E-state index contributed by atoms with van der Waals surface area (Å²) in [5.74, 6) is 0.244. The lowest BCUT2D eigenvalue weighted by Gasteiger charge is -2.04. The Balaban J connectivity index is 2.17. The van der Waals surface area contributed by atoms with Crippen LogP contribution in [0.4, 0.5) is 10.9 Å². The average molecular weight is 234 g/mol. The number of carbonyl (C=O) groups excluding carboxylic acids is 1. The molecule has 0 bridgehead atoms. The van der Waals surface area contributed by atoms with Crippen LogP contribution >= 0.6 is 11.3 Å². The smallest absolute Gasteiger partial charge is 0.276 e. The molecule has 82 valence electrons. The first kappa shape index (κ1) is 10.6. The van der Waals surface area contributed by atoms with Gasteiger partial charge >= 0.3 is 0 Å². The highest BCUT2D eigenvalue weighted by Crippen LogP contribution is 2.14. The number of amides is 1. The summed E-state index contributed by atoms with van der Waals surface area (Å²) in [5.41, 5.74) is 6.67. The van der Waals surface area contributed by atoms with E-state index in [1.165, 1.54) is 11.3 Å². The van der Waals surface area contributed by atoms with Crippen molar-refractivity contribution in [1.29, 1.82) is 0 Å². The maximum atomic E-state index is 11.7. The van der Waals surface area contributed by atoms with E-state index in [0.717, 1.165) is 5.56 Å². The standard InChI is InChI=1S/C10H10N4OS/c1-6-3-2-4-12-8(6)14-9(15)7-5-16-10(11)13-7/h2-5H,1H3,(H2,11,13)(H,12,14,15). The first-order valence-corrected chi connectivity index (χ1v) is 5.49. The molecule has 0 saturated heterocycles. The van der Waals surface area contributed by atoms with Gasteiger partial charge in [-0.3, -0.25) is 4.79 Å². The summed E-state index contributed by atoms with van der Waals surface area (Å²) in [6.45, 7) is 1.87. The van der Waals surface area contributed by atoms with Gasteiger partial charge in [0.05, 0.1) is 0 Å². The van der Waals surface area contributed by atoms with Gasteiger partial charge in [-0.1, -0.05) is 6.07 Å². The normalized spacial score (nSPS) is 10.1. The number of aryl methyl sites for hydroxylation is 1. The summed E-state index contributed by atoms with van der Waals surface area (Å²) in [5, 5.41) is 4.67. The fraction of sp³-hybridized carbons (Fsp3) is 0.100. The van der Waals surface area contributed by atoms with Crippen LogP contribution in [0.25, 0.3) is 0 Å². The number of thiazole rings is 1. The average Bonchev–Trinajstić information content (AvgIpc) is 2.68. The van der Waals surface area contributed by atoms with E-state index in [1.54, 1.807) is 11.6 Å². The molecule has 0 spiro atoms. The molecule has 5 nitrogen and oxygen atoms in total. The monoisotopic (exact) mass is 234 g/mol. The Bertz CT molecular complexity index is 523. The predicted octanol–water partition coefficient (Wildman–Crippen LogP) is 1.68. The minimum absolute atomic E-state index is 0.297. The number of anilines is 2. The maximum absolute atomic E-state index is 11.7. The first-order chi connectivity index (χ1) is 7.66. The van der Waals surface area contributed by atoms with Gasteiger partial charge in [0.1, 0.15) is 11.5 Å². The van der Waals surface area contributed by atoms with Gasteiger partial charge in [-0.2, -0.15) is 0 Å². The van der Waals surface area contributed by atoms with Crippen LogP contribution in [0.5, 0.6) is 0 Å². The van der Waals surface area contributed by atoms with Crippen LogP contribution in [0.3, 0.4) is 0 Å². The third-order valence-electron chi connectivity index (χ3n) is 2.00. The van der Waals surface area contributed by atoms with E-state index in [1.807, 2.05) is 19.1 Å². The molecular weight excluding hydrogens is 224 g/mol. The van der Waals surface area contributed by atoms with Gasteiger partial charge in [-0.15, -0.1) is 11.3 Å². The molecule has 0 aliphatic heterocycles. The van der Waals surface area contributed by atoms with Crippen molar-refractivity contribution in [2.45, 2.75) is 6.92 Å². The topological polar surface area (TPSA) is 80.9 Å². The van der Waals surface area contributed by atoms with Gasteiger partial charge in [-0.05, 0) is 18.6 Å². The largest absolute Gasteiger partial charge is 0.375 e. The van der Waals surface area contributed by atoms with E-state index in [0.29, 0.717) is 16.6 Å². The summed E-state index contributed by atoms with van der Waals surface area (Å²) >= 11 is 1.23. The Morgan fingerprint density at radius 3 is 3.00 bits per heavy atom. The maximum Gasteiger partial charge on any atom is 0.276 e. The highest BCUT2D eigenvalue weighted by atomic mass is 32.1. The second-order valence-electron chi connectivity index (χ2n) is 3.19. The zero-order valence-electron chi connectivity index (χ0n) is 8.60. The number of nitrogens with one attached hydrogen (secondary N) is 1. The van der Waals surface area contributed by atoms with Crippen LogP contribution < -0.4 is 11.1 Å². The molecular formula is C10H10N4OS. The lowest BCUT2D eigenvalue weighted by atomic mass is 10.3. The molecule has 16 heavy (non-hydrogen) atoms. The quantitative estimate of drug-likeness (QED) is 0.828. The Morgan fingerprint density at radius 2 is 2.38 bits per heavy atom. The lowest BCUT2D eigenvalue weighted by Crippen LogP contribution is -2.14. The molecule has 2 aromatic heterocycles. The SMILES string of the molecule is Cc1cccnc1NC(=O)c1csc(N)n1. The molecule has 0 aliphatic rings. The van der Waals surface area contributed by atoms with E-state index in [-0.39, 0.29) is 5.91 Å². The molecule has 1 amide bonds. The van der Waals surface area contributed by atoms with Gasteiger partial charge < -0.3 is 11.1 Å². The Morgan fingerprint density at radius 1 is 1.56 bits per heavy atom. The zero-order chi connectivity index (χ0) is 11.5. The molecule has 0 aliphatic carbocycles. The number of pyridine rings is 1. The minimum Gasteiger partial charge on any atom is -0.375 e. The molecule has 2 rings (SSSR count). The van der Waals surface area contributed by atoms with E-state index in [4.69, 9.17) is 5.73 Å². The van der Waals surface area contributed by atoms with Crippen LogP contribution in [-0.2, 0) is 0 Å². The van der Waals surface area contributed by atoms with E-state index >= 15 is 0 Å². The van der Waals surface area contributed by atoms with Gasteiger partial charge in [0.25, 0.3) is 5.91 Å². The Labute approximate surface area is 96.3 Å². The second kappa shape index (κ2) is 4.28. The number of hydrogen-bond donors (Lipinski definition) is 2. The number of rotatable bonds is 2. The van der Waals surface area contributed by atoms with Gasteiger partial charge in [0.15, 0.2) is 5.13 Å². The molecule has 6 heteroatoms. The lowest BCUT2D eigenvalue weighted by molar-refractivity contribution is 0.102. The van der Waals surface area contributed by atoms with Crippen molar-refractivity contribution in [2.75, 3.05) is 11.1 Å². The fourth-order valence-corrected chi connectivity index (χ4v) is 1.72.